The summed E-state index contributed by atoms with van der Waals surface area (Å²) in [5.74, 6) is 2.17. The van der Waals surface area contributed by atoms with E-state index in [2.05, 4.69) is 38.0 Å². The van der Waals surface area contributed by atoms with Crippen molar-refractivity contribution in [2.24, 2.45) is 5.92 Å². The Hall–Kier alpha value is -2.92. The van der Waals surface area contributed by atoms with Crippen LogP contribution < -0.4 is 20.9 Å². The van der Waals surface area contributed by atoms with E-state index in [1.165, 1.54) is 6.92 Å². The zero-order valence-electron chi connectivity index (χ0n) is 21.5. The molecule has 1 atom stereocenters. The first kappa shape index (κ1) is 27.7. The molecule has 198 valence electrons. The normalized spacial score (nSPS) is 14.9. The van der Waals surface area contributed by atoms with Crippen molar-refractivity contribution in [3.63, 3.8) is 0 Å². The molecule has 1 aliphatic heterocycles. The number of furan rings is 1. The van der Waals surface area contributed by atoms with Crippen LogP contribution in [0.3, 0.4) is 0 Å². The quantitative estimate of drug-likeness (QED) is 0.250. The second kappa shape index (κ2) is 14.6. The van der Waals surface area contributed by atoms with E-state index in [-0.39, 0.29) is 6.61 Å². The van der Waals surface area contributed by atoms with Crippen LogP contribution in [0.2, 0.25) is 0 Å². The van der Waals surface area contributed by atoms with Crippen molar-refractivity contribution in [3.05, 3.63) is 36.6 Å². The topological polar surface area (TPSA) is 128 Å². The molecular weight excluding hydrogens is 460 g/mol. The predicted octanol–water partition coefficient (Wildman–Crippen LogP) is 3.21. The Morgan fingerprint density at radius 3 is 2.47 bits per heavy atom. The Labute approximate surface area is 213 Å². The van der Waals surface area contributed by atoms with E-state index in [0.29, 0.717) is 5.95 Å². The minimum Gasteiger partial charge on any atom is -0.459 e. The summed E-state index contributed by atoms with van der Waals surface area (Å²) in [7, 11) is 3.74. The van der Waals surface area contributed by atoms with Gasteiger partial charge in [0.05, 0.1) is 19.0 Å². The molecule has 0 bridgehead atoms. The summed E-state index contributed by atoms with van der Waals surface area (Å²) in [5.41, 5.74) is 3.61. The number of aliphatic hydroxyl groups excluding tert-OH is 2. The van der Waals surface area contributed by atoms with Crippen LogP contribution in [0, 0.1) is 5.92 Å². The summed E-state index contributed by atoms with van der Waals surface area (Å²) in [4.78, 5) is 11.8. The van der Waals surface area contributed by atoms with Crippen molar-refractivity contribution in [2.45, 2.75) is 32.3 Å². The molecule has 0 aliphatic carbocycles. The fraction of sp³-hybridized carbons (Fsp3) is 0.538. The summed E-state index contributed by atoms with van der Waals surface area (Å²) in [5, 5.41) is 26.0. The summed E-state index contributed by atoms with van der Waals surface area (Å²) >= 11 is 0. The molecule has 1 unspecified atom stereocenters. The van der Waals surface area contributed by atoms with Gasteiger partial charge in [0.15, 0.2) is 11.4 Å². The molecule has 0 amide bonds. The Morgan fingerprint density at radius 2 is 1.83 bits per heavy atom. The van der Waals surface area contributed by atoms with Gasteiger partial charge in [0, 0.05) is 50.8 Å². The van der Waals surface area contributed by atoms with Crippen molar-refractivity contribution < 1.29 is 19.4 Å². The summed E-state index contributed by atoms with van der Waals surface area (Å²) in [6.45, 7) is 6.05. The predicted molar refractivity (Wildman–Crippen MR) is 144 cm³/mol. The van der Waals surface area contributed by atoms with E-state index in [1.807, 2.05) is 25.2 Å². The maximum Gasteiger partial charge on any atom is 0.229 e. The number of fused-ring (bicyclic) bond motifs is 1. The van der Waals surface area contributed by atoms with Gasteiger partial charge in [0.2, 0.25) is 5.95 Å². The number of nitrogens with one attached hydrogen (secondary N) is 3. The second-order valence-corrected chi connectivity index (χ2v) is 9.00. The number of methoxy groups -OCH3 is 1. The van der Waals surface area contributed by atoms with Crippen molar-refractivity contribution in [2.75, 3.05) is 69.1 Å². The Bertz CT molecular complexity index is 1020. The Morgan fingerprint density at radius 1 is 1.14 bits per heavy atom. The zero-order valence-corrected chi connectivity index (χ0v) is 21.5. The molecular formula is C26H40N6O4. The largest absolute Gasteiger partial charge is 0.459 e. The molecule has 5 N–H and O–H groups in total. The molecule has 10 heteroatoms. The average Bonchev–Trinajstić information content (AvgIpc) is 3.37. The molecule has 0 saturated carbocycles. The van der Waals surface area contributed by atoms with Crippen LogP contribution in [0.1, 0.15) is 26.2 Å². The highest BCUT2D eigenvalue weighted by Crippen LogP contribution is 2.30. The molecule has 10 nitrogen and oxygen atoms in total. The number of aliphatic hydroxyl groups is 2. The van der Waals surface area contributed by atoms with Crippen LogP contribution >= 0.6 is 0 Å². The molecule has 4 rings (SSSR count). The maximum atomic E-state index is 8.11. The second-order valence-electron chi connectivity index (χ2n) is 9.00. The van der Waals surface area contributed by atoms with Gasteiger partial charge in [-0.2, -0.15) is 4.98 Å². The van der Waals surface area contributed by atoms with Gasteiger partial charge in [-0.3, -0.25) is 0 Å². The van der Waals surface area contributed by atoms with E-state index < -0.39 is 6.10 Å². The van der Waals surface area contributed by atoms with Crippen molar-refractivity contribution in [1.82, 2.24) is 15.3 Å². The summed E-state index contributed by atoms with van der Waals surface area (Å²) < 4.78 is 10.8. The molecule has 1 aromatic carbocycles. The lowest BCUT2D eigenvalue weighted by Gasteiger charge is -2.32. The minimum atomic E-state index is -0.560. The average molecular weight is 501 g/mol. The fourth-order valence-electron chi connectivity index (χ4n) is 4.01. The number of nitrogens with zero attached hydrogens (tertiary/aromatic N) is 3. The molecule has 3 heterocycles. The van der Waals surface area contributed by atoms with Gasteiger partial charge < -0.3 is 40.2 Å². The first-order valence-electron chi connectivity index (χ1n) is 12.6. The summed E-state index contributed by atoms with van der Waals surface area (Å²) in [6.07, 6.45) is 4.40. The van der Waals surface area contributed by atoms with Crippen molar-refractivity contribution in [3.8, 4) is 0 Å². The van der Waals surface area contributed by atoms with E-state index in [0.717, 1.165) is 86.3 Å². The van der Waals surface area contributed by atoms with Crippen LogP contribution in [0.4, 0.5) is 23.1 Å². The lowest BCUT2D eigenvalue weighted by Crippen LogP contribution is -2.37. The highest BCUT2D eigenvalue weighted by Gasteiger charge is 2.23. The fourth-order valence-corrected chi connectivity index (χ4v) is 4.01. The highest BCUT2D eigenvalue weighted by molar-refractivity contribution is 5.85. The number of ether oxygens (including phenoxy) is 1. The third-order valence-electron chi connectivity index (χ3n) is 5.95. The maximum absolute atomic E-state index is 8.11. The summed E-state index contributed by atoms with van der Waals surface area (Å²) in [6, 6.07) is 10.1. The third kappa shape index (κ3) is 8.34. The first-order valence-corrected chi connectivity index (χ1v) is 12.6. The number of anilines is 4. The van der Waals surface area contributed by atoms with Gasteiger partial charge in [0.25, 0.3) is 0 Å². The van der Waals surface area contributed by atoms with Crippen molar-refractivity contribution in [1.29, 1.82) is 0 Å². The smallest absolute Gasteiger partial charge is 0.229 e. The first-order chi connectivity index (χ1) is 17.5. The van der Waals surface area contributed by atoms with Gasteiger partial charge >= 0.3 is 0 Å². The van der Waals surface area contributed by atoms with Crippen LogP contribution in [0.15, 0.2) is 41.0 Å². The van der Waals surface area contributed by atoms with Crippen LogP contribution in [-0.4, -0.2) is 79.8 Å². The molecule has 1 fully saturated rings. The SMILES string of the molecule is CC(O)CO.CNCC1CCN(c2nc(Nc3ccc(NCCCOC)cc3)nc3ccoc23)CC1. The number of hydrogen-bond donors (Lipinski definition) is 5. The monoisotopic (exact) mass is 500 g/mol. The number of piperidine rings is 1. The van der Waals surface area contributed by atoms with Gasteiger partial charge in [0.1, 0.15) is 5.52 Å². The lowest BCUT2D eigenvalue weighted by atomic mass is 9.97. The van der Waals surface area contributed by atoms with Gasteiger partial charge in [-0.05, 0) is 70.0 Å². The number of benzene rings is 1. The van der Waals surface area contributed by atoms with E-state index in [9.17, 15) is 0 Å². The highest BCUT2D eigenvalue weighted by atomic mass is 16.5. The van der Waals surface area contributed by atoms with E-state index in [4.69, 9.17) is 24.4 Å². The Balaban J connectivity index is 0.000000658. The standard InChI is InChI=1S/C23H32N6O2.C3H8O2/c1-24-16-17-8-12-29(13-9-17)22-21-20(10-15-31-21)27-23(28-22)26-19-6-4-18(5-7-19)25-11-3-14-30-2;1-3(5)2-4/h4-7,10,15,17,24-25H,3,8-9,11-14,16H2,1-2H3,(H,26,27,28);3-5H,2H2,1H3. The van der Waals surface area contributed by atoms with Crippen molar-refractivity contribution >= 4 is 34.2 Å². The van der Waals surface area contributed by atoms with Crippen LogP contribution in [0.25, 0.3) is 11.1 Å². The molecule has 0 spiro atoms. The third-order valence-corrected chi connectivity index (χ3v) is 5.95. The van der Waals surface area contributed by atoms with E-state index in [1.54, 1.807) is 13.4 Å². The minimum absolute atomic E-state index is 0.139. The van der Waals surface area contributed by atoms with Gasteiger partial charge in [-0.15, -0.1) is 0 Å². The van der Waals surface area contributed by atoms with Gasteiger partial charge in [-0.25, -0.2) is 4.98 Å². The molecule has 1 aliphatic rings. The molecule has 36 heavy (non-hydrogen) atoms. The van der Waals surface area contributed by atoms with Crippen LogP contribution in [0.5, 0.6) is 0 Å². The zero-order chi connectivity index (χ0) is 25.8. The van der Waals surface area contributed by atoms with Crippen LogP contribution in [-0.2, 0) is 4.74 Å². The molecule has 2 aromatic heterocycles. The molecule has 1 saturated heterocycles. The molecule has 0 radical (unpaired) electrons. The number of aromatic nitrogens is 2. The number of hydrogen-bond acceptors (Lipinski definition) is 10. The molecule has 3 aromatic rings. The van der Waals surface area contributed by atoms with E-state index >= 15 is 0 Å². The van der Waals surface area contributed by atoms with Gasteiger partial charge in [-0.1, -0.05) is 0 Å². The lowest BCUT2D eigenvalue weighted by molar-refractivity contribution is 0.110. The Kier molecular flexibility index (Phi) is 11.2. The number of rotatable bonds is 11.